The Labute approximate surface area is 198 Å². The van der Waals surface area contributed by atoms with E-state index in [4.69, 9.17) is 4.98 Å². The van der Waals surface area contributed by atoms with Crippen molar-refractivity contribution < 1.29 is 9.18 Å². The van der Waals surface area contributed by atoms with Crippen LogP contribution in [0.5, 0.6) is 0 Å². The number of carbonyl (C=O) groups is 1. The molecule has 2 aliphatic rings. The Bertz CT molecular complexity index is 1110. The van der Waals surface area contributed by atoms with Crippen LogP contribution in [0.4, 0.5) is 15.1 Å². The van der Waals surface area contributed by atoms with Crippen LogP contribution >= 0.6 is 11.3 Å². The minimum atomic E-state index is -0.208. The fourth-order valence-electron chi connectivity index (χ4n) is 5.08. The van der Waals surface area contributed by atoms with Crippen molar-refractivity contribution >= 4 is 27.9 Å². The summed E-state index contributed by atoms with van der Waals surface area (Å²) in [5.41, 5.74) is 4.72. The molecule has 3 heterocycles. The number of piperazine rings is 1. The molecular formula is C26H29FN4OS. The van der Waals surface area contributed by atoms with Gasteiger partial charge in [0.1, 0.15) is 10.8 Å². The first-order chi connectivity index (χ1) is 16.1. The van der Waals surface area contributed by atoms with Crippen LogP contribution in [0.15, 0.2) is 48.7 Å². The van der Waals surface area contributed by atoms with E-state index in [0.29, 0.717) is 0 Å². The first kappa shape index (κ1) is 22.0. The third-order valence-electron chi connectivity index (χ3n) is 6.61. The molecule has 0 saturated carbocycles. The van der Waals surface area contributed by atoms with Crippen LogP contribution in [-0.4, -0.2) is 42.0 Å². The van der Waals surface area contributed by atoms with Crippen LogP contribution < -0.4 is 10.2 Å². The molecule has 1 fully saturated rings. The number of aromatic nitrogens is 1. The van der Waals surface area contributed by atoms with Crippen LogP contribution in [-0.2, 0) is 17.6 Å². The molecule has 1 aromatic carbocycles. The monoisotopic (exact) mass is 464 g/mol. The molecule has 0 spiro atoms. The van der Waals surface area contributed by atoms with Crippen LogP contribution in [0.1, 0.15) is 47.5 Å². The smallest absolute Gasteiger partial charge is 0.221 e. The number of fused-ring (bicyclic) bond motifs is 1. The van der Waals surface area contributed by atoms with Gasteiger partial charge in [-0.2, -0.15) is 0 Å². The highest BCUT2D eigenvalue weighted by Crippen LogP contribution is 2.45. The molecule has 1 atom stereocenters. The summed E-state index contributed by atoms with van der Waals surface area (Å²) in [7, 11) is 0. The molecule has 172 valence electrons. The number of benzene rings is 1. The predicted molar refractivity (Wildman–Crippen MR) is 132 cm³/mol. The number of hydrogen-bond donors (Lipinski definition) is 1. The van der Waals surface area contributed by atoms with E-state index in [1.54, 1.807) is 18.3 Å². The molecule has 5 rings (SSSR count). The lowest BCUT2D eigenvalue weighted by atomic mass is 9.90. The molecule has 3 aromatic rings. The van der Waals surface area contributed by atoms with Crippen LogP contribution in [0.25, 0.3) is 0 Å². The number of amides is 1. The van der Waals surface area contributed by atoms with Gasteiger partial charge in [-0.05, 0) is 67.6 Å². The zero-order valence-electron chi connectivity index (χ0n) is 18.9. The average Bonchev–Trinajstić information content (AvgIpc) is 3.18. The van der Waals surface area contributed by atoms with Gasteiger partial charge >= 0.3 is 0 Å². The van der Waals surface area contributed by atoms with E-state index in [1.807, 2.05) is 30.5 Å². The van der Waals surface area contributed by atoms with Gasteiger partial charge in [0.25, 0.3) is 0 Å². The number of nitrogens with one attached hydrogen (secondary N) is 1. The van der Waals surface area contributed by atoms with Crippen molar-refractivity contribution in [3.8, 4) is 0 Å². The van der Waals surface area contributed by atoms with Gasteiger partial charge in [0.2, 0.25) is 5.91 Å². The second-order valence-electron chi connectivity index (χ2n) is 8.79. The molecule has 1 aliphatic carbocycles. The molecule has 2 aromatic heterocycles. The summed E-state index contributed by atoms with van der Waals surface area (Å²) in [6.07, 6.45) is 6.38. The molecule has 1 N–H and O–H groups in total. The number of thiophene rings is 1. The highest BCUT2D eigenvalue weighted by Gasteiger charge is 2.34. The lowest BCUT2D eigenvalue weighted by Crippen LogP contribution is -2.48. The van der Waals surface area contributed by atoms with E-state index in [-0.39, 0.29) is 17.8 Å². The van der Waals surface area contributed by atoms with Crippen molar-refractivity contribution in [3.63, 3.8) is 0 Å². The van der Waals surface area contributed by atoms with Gasteiger partial charge in [-0.3, -0.25) is 14.7 Å². The van der Waals surface area contributed by atoms with Crippen molar-refractivity contribution in [3.05, 3.63) is 76.2 Å². The molecule has 33 heavy (non-hydrogen) atoms. The highest BCUT2D eigenvalue weighted by atomic mass is 32.1. The van der Waals surface area contributed by atoms with Crippen molar-refractivity contribution in [2.45, 2.75) is 38.6 Å². The minimum absolute atomic E-state index is 0.00141. The van der Waals surface area contributed by atoms with Gasteiger partial charge in [0.15, 0.2) is 0 Å². The first-order valence-corrected chi connectivity index (χ1v) is 12.5. The van der Waals surface area contributed by atoms with Crippen LogP contribution in [0, 0.1) is 5.82 Å². The van der Waals surface area contributed by atoms with Gasteiger partial charge in [-0.15, -0.1) is 11.3 Å². The molecule has 1 saturated heterocycles. The fraction of sp³-hybridized carbons (Fsp3) is 0.385. The average molecular weight is 465 g/mol. The number of anilines is 2. The zero-order valence-corrected chi connectivity index (χ0v) is 19.7. The van der Waals surface area contributed by atoms with E-state index in [9.17, 15) is 9.18 Å². The van der Waals surface area contributed by atoms with Crippen molar-refractivity contribution in [1.82, 2.24) is 9.88 Å². The summed E-state index contributed by atoms with van der Waals surface area (Å²) in [6, 6.07) is 12.8. The van der Waals surface area contributed by atoms with Gasteiger partial charge in [-0.25, -0.2) is 4.39 Å². The molecule has 0 bridgehead atoms. The largest absolute Gasteiger partial charge is 0.369 e. The Balaban J connectivity index is 1.49. The topological polar surface area (TPSA) is 48.5 Å². The van der Waals surface area contributed by atoms with Crippen molar-refractivity contribution in [2.75, 3.05) is 36.4 Å². The van der Waals surface area contributed by atoms with Gasteiger partial charge in [0, 0.05) is 55.4 Å². The predicted octanol–water partition coefficient (Wildman–Crippen LogP) is 5.03. The fourth-order valence-corrected chi connectivity index (χ4v) is 6.45. The highest BCUT2D eigenvalue weighted by molar-refractivity contribution is 7.16. The number of hydrogen-bond acceptors (Lipinski definition) is 5. The summed E-state index contributed by atoms with van der Waals surface area (Å²) in [5.74, 6) is -0.240. The molecule has 1 aliphatic heterocycles. The van der Waals surface area contributed by atoms with E-state index < -0.39 is 0 Å². The maximum atomic E-state index is 13.4. The van der Waals surface area contributed by atoms with E-state index in [0.717, 1.165) is 55.4 Å². The Kier molecular flexibility index (Phi) is 6.42. The Morgan fingerprint density at radius 2 is 1.82 bits per heavy atom. The number of rotatable bonds is 5. The van der Waals surface area contributed by atoms with Crippen molar-refractivity contribution in [2.24, 2.45) is 0 Å². The Morgan fingerprint density at radius 1 is 1.06 bits per heavy atom. The summed E-state index contributed by atoms with van der Waals surface area (Å²) in [5, 5.41) is 4.12. The summed E-state index contributed by atoms with van der Waals surface area (Å²) in [6.45, 7) is 5.03. The number of aryl methyl sites for hydroxylation is 1. The van der Waals surface area contributed by atoms with Crippen molar-refractivity contribution in [1.29, 1.82) is 0 Å². The molecular weight excluding hydrogens is 435 g/mol. The van der Waals surface area contributed by atoms with Gasteiger partial charge < -0.3 is 10.2 Å². The zero-order chi connectivity index (χ0) is 22.8. The molecule has 5 nitrogen and oxygen atoms in total. The maximum absolute atomic E-state index is 13.4. The third kappa shape index (κ3) is 4.66. The van der Waals surface area contributed by atoms with Crippen LogP contribution in [0.2, 0.25) is 0 Å². The van der Waals surface area contributed by atoms with E-state index >= 15 is 0 Å². The normalized spacial score (nSPS) is 17.5. The maximum Gasteiger partial charge on any atom is 0.221 e. The molecule has 0 radical (unpaired) electrons. The standard InChI is InChI=1S/C26H29FN4OS/c1-18(32)29-26-24(21-6-2-3-8-23(21)33-26)25(22-7-4-5-13-28-22)31-16-14-30(15-17-31)20-11-9-19(27)10-12-20/h4-5,7,9-13,25H,2-3,6,8,14-17H2,1H3,(H,29,32)/t25-/m0/s1. The summed E-state index contributed by atoms with van der Waals surface area (Å²) >= 11 is 1.74. The quantitative estimate of drug-likeness (QED) is 0.575. The Hall–Kier alpha value is -2.77. The first-order valence-electron chi connectivity index (χ1n) is 11.7. The molecule has 1 amide bonds. The lowest BCUT2D eigenvalue weighted by Gasteiger charge is -2.40. The number of halogens is 1. The number of carbonyl (C=O) groups excluding carboxylic acids is 1. The number of pyridine rings is 1. The SMILES string of the molecule is CC(=O)Nc1sc2c(c1[C@H](c1ccccn1)N1CCN(c3ccc(F)cc3)CC1)CCCC2. The second kappa shape index (κ2) is 9.61. The molecule has 7 heteroatoms. The van der Waals surface area contributed by atoms with Crippen LogP contribution in [0.3, 0.4) is 0 Å². The minimum Gasteiger partial charge on any atom is -0.369 e. The summed E-state index contributed by atoms with van der Waals surface area (Å²) in [4.78, 5) is 23.0. The Morgan fingerprint density at radius 3 is 2.52 bits per heavy atom. The third-order valence-corrected chi connectivity index (χ3v) is 7.84. The summed E-state index contributed by atoms with van der Waals surface area (Å²) < 4.78 is 13.4. The van der Waals surface area contributed by atoms with Gasteiger partial charge in [0.05, 0.1) is 11.7 Å². The lowest BCUT2D eigenvalue weighted by molar-refractivity contribution is -0.114. The van der Waals surface area contributed by atoms with E-state index in [1.165, 1.54) is 41.0 Å². The number of nitrogens with zero attached hydrogens (tertiary/aromatic N) is 3. The molecule has 0 unspecified atom stereocenters. The second-order valence-corrected chi connectivity index (χ2v) is 9.90. The van der Waals surface area contributed by atoms with E-state index in [2.05, 4.69) is 21.2 Å². The van der Waals surface area contributed by atoms with Gasteiger partial charge in [-0.1, -0.05) is 6.07 Å².